The van der Waals surface area contributed by atoms with E-state index in [-0.39, 0.29) is 17.3 Å². The first-order valence-corrected chi connectivity index (χ1v) is 4.93. The van der Waals surface area contributed by atoms with Gasteiger partial charge in [0.2, 0.25) is 5.88 Å². The van der Waals surface area contributed by atoms with Crippen molar-refractivity contribution in [3.8, 4) is 11.6 Å². The second-order valence-electron chi connectivity index (χ2n) is 3.38. The molecule has 2 rings (SSSR count). The quantitative estimate of drug-likeness (QED) is 0.808. The normalized spacial score (nSPS) is 10.2. The van der Waals surface area contributed by atoms with E-state index in [0.717, 1.165) is 5.69 Å². The van der Waals surface area contributed by atoms with Crippen LogP contribution in [-0.4, -0.2) is 22.8 Å². The molecule has 0 saturated carbocycles. The van der Waals surface area contributed by atoms with Gasteiger partial charge in [0.05, 0.1) is 12.8 Å². The van der Waals surface area contributed by atoms with Crippen molar-refractivity contribution in [2.24, 2.45) is 5.73 Å². The number of methoxy groups -OCH3 is 1. The molecular weight excluding hydrogens is 220 g/mol. The van der Waals surface area contributed by atoms with Gasteiger partial charge in [-0.3, -0.25) is 4.79 Å². The van der Waals surface area contributed by atoms with Crippen LogP contribution < -0.4 is 16.2 Å². The van der Waals surface area contributed by atoms with Gasteiger partial charge in [0, 0.05) is 0 Å². The van der Waals surface area contributed by atoms with Crippen LogP contribution >= 0.6 is 0 Å². The lowest BCUT2D eigenvalue weighted by Crippen LogP contribution is -2.14. The van der Waals surface area contributed by atoms with Crippen LogP contribution in [0.4, 0.5) is 5.82 Å². The lowest BCUT2D eigenvalue weighted by molar-refractivity contribution is 0.0998. The number of nitrogens with two attached hydrogens (primary N) is 2. The summed E-state index contributed by atoms with van der Waals surface area (Å²) in [5.41, 5.74) is 11.9. The Kier molecular flexibility index (Phi) is 2.70. The molecule has 88 valence electrons. The zero-order valence-corrected chi connectivity index (χ0v) is 9.25. The molecule has 6 nitrogen and oxygen atoms in total. The van der Waals surface area contributed by atoms with Gasteiger partial charge in [-0.2, -0.15) is 0 Å². The molecule has 17 heavy (non-hydrogen) atoms. The van der Waals surface area contributed by atoms with Crippen molar-refractivity contribution >= 4 is 11.7 Å². The number of amides is 1. The Balaban J connectivity index is 2.61. The van der Waals surface area contributed by atoms with Crippen LogP contribution in [0.1, 0.15) is 10.4 Å². The number of carbonyl (C=O) groups is 1. The summed E-state index contributed by atoms with van der Waals surface area (Å²) in [6, 6.07) is 9.18. The number of primary amides is 1. The fourth-order valence-electron chi connectivity index (χ4n) is 1.55. The fraction of sp³-hybridized carbons (Fsp3) is 0.0909. The first-order chi connectivity index (χ1) is 8.15. The highest BCUT2D eigenvalue weighted by Gasteiger charge is 2.21. The minimum atomic E-state index is -0.665. The van der Waals surface area contributed by atoms with E-state index in [9.17, 15) is 4.79 Å². The highest BCUT2D eigenvalue weighted by Crippen LogP contribution is 2.25. The Morgan fingerprint density at radius 1 is 1.35 bits per heavy atom. The van der Waals surface area contributed by atoms with E-state index in [1.54, 1.807) is 0 Å². The lowest BCUT2D eigenvalue weighted by atomic mass is 10.3. The zero-order chi connectivity index (χ0) is 12.4. The van der Waals surface area contributed by atoms with E-state index in [0.29, 0.717) is 0 Å². The van der Waals surface area contributed by atoms with Crippen LogP contribution in [0.5, 0.6) is 5.88 Å². The second kappa shape index (κ2) is 4.17. The number of benzene rings is 1. The second-order valence-corrected chi connectivity index (χ2v) is 3.38. The minimum absolute atomic E-state index is 0.0938. The maximum atomic E-state index is 11.3. The molecule has 6 heteroatoms. The summed E-state index contributed by atoms with van der Waals surface area (Å²) in [6.45, 7) is 0. The average Bonchev–Trinajstić information content (AvgIpc) is 2.67. The first kappa shape index (κ1) is 11.0. The maximum absolute atomic E-state index is 11.3. The first-order valence-electron chi connectivity index (χ1n) is 4.93. The highest BCUT2D eigenvalue weighted by molar-refractivity contribution is 6.00. The molecule has 4 N–H and O–H groups in total. The molecule has 1 amide bonds. The van der Waals surface area contributed by atoms with Gasteiger partial charge in [-0.25, -0.2) is 4.68 Å². The Morgan fingerprint density at radius 3 is 2.47 bits per heavy atom. The Labute approximate surface area is 97.8 Å². The number of nitrogen functional groups attached to an aromatic ring is 1. The largest absolute Gasteiger partial charge is 0.479 e. The van der Waals surface area contributed by atoms with Gasteiger partial charge in [-0.1, -0.05) is 18.2 Å². The SMILES string of the molecule is COc1nn(-c2ccccc2)c(N)c1C(N)=O. The summed E-state index contributed by atoms with van der Waals surface area (Å²) in [6.07, 6.45) is 0. The van der Waals surface area contributed by atoms with E-state index >= 15 is 0 Å². The standard InChI is InChI=1S/C11H12N4O2/c1-17-11-8(10(13)16)9(12)15(14-11)7-5-3-2-4-6-7/h2-6H,12H2,1H3,(H2,13,16). The lowest BCUT2D eigenvalue weighted by Gasteiger charge is -2.02. The summed E-state index contributed by atoms with van der Waals surface area (Å²) in [5, 5.41) is 4.09. The molecule has 0 saturated heterocycles. The van der Waals surface area contributed by atoms with E-state index in [1.165, 1.54) is 11.8 Å². The van der Waals surface area contributed by atoms with Crippen molar-refractivity contribution in [3.05, 3.63) is 35.9 Å². The number of ether oxygens (including phenoxy) is 1. The van der Waals surface area contributed by atoms with Crippen LogP contribution in [0.2, 0.25) is 0 Å². The molecule has 1 aromatic carbocycles. The van der Waals surface area contributed by atoms with E-state index in [4.69, 9.17) is 16.2 Å². The van der Waals surface area contributed by atoms with Gasteiger partial charge in [0.25, 0.3) is 5.91 Å². The Morgan fingerprint density at radius 2 is 2.00 bits per heavy atom. The number of carbonyl (C=O) groups excluding carboxylic acids is 1. The van der Waals surface area contributed by atoms with Crippen molar-refractivity contribution in [2.45, 2.75) is 0 Å². The van der Waals surface area contributed by atoms with Crippen LogP contribution in [0.25, 0.3) is 5.69 Å². The molecule has 0 radical (unpaired) electrons. The summed E-state index contributed by atoms with van der Waals surface area (Å²) in [7, 11) is 1.41. The molecule has 0 spiro atoms. The predicted octanol–water partition coefficient (Wildman–Crippen LogP) is 0.562. The highest BCUT2D eigenvalue weighted by atomic mass is 16.5. The van der Waals surface area contributed by atoms with Crippen molar-refractivity contribution in [3.63, 3.8) is 0 Å². The van der Waals surface area contributed by atoms with Gasteiger partial charge in [0.1, 0.15) is 11.4 Å². The minimum Gasteiger partial charge on any atom is -0.479 e. The van der Waals surface area contributed by atoms with Crippen molar-refractivity contribution in [1.82, 2.24) is 9.78 Å². The summed E-state index contributed by atoms with van der Waals surface area (Å²) >= 11 is 0. The monoisotopic (exact) mass is 232 g/mol. The number of hydrogen-bond acceptors (Lipinski definition) is 4. The molecule has 2 aromatic rings. The van der Waals surface area contributed by atoms with Crippen molar-refractivity contribution < 1.29 is 9.53 Å². The van der Waals surface area contributed by atoms with Gasteiger partial charge >= 0.3 is 0 Å². The number of hydrogen-bond donors (Lipinski definition) is 2. The van der Waals surface area contributed by atoms with Gasteiger partial charge in [-0.15, -0.1) is 5.10 Å². The van der Waals surface area contributed by atoms with Crippen molar-refractivity contribution in [2.75, 3.05) is 12.8 Å². The average molecular weight is 232 g/mol. The number of nitrogens with zero attached hydrogens (tertiary/aromatic N) is 2. The molecule has 0 unspecified atom stereocenters. The van der Waals surface area contributed by atoms with E-state index < -0.39 is 5.91 Å². The summed E-state index contributed by atoms with van der Waals surface area (Å²) in [4.78, 5) is 11.3. The zero-order valence-electron chi connectivity index (χ0n) is 9.25. The maximum Gasteiger partial charge on any atom is 0.258 e. The molecule has 1 heterocycles. The number of anilines is 1. The van der Waals surface area contributed by atoms with E-state index in [1.807, 2.05) is 30.3 Å². The third-order valence-electron chi connectivity index (χ3n) is 2.33. The van der Waals surface area contributed by atoms with Gasteiger partial charge in [0.15, 0.2) is 0 Å². The van der Waals surface area contributed by atoms with Gasteiger partial charge < -0.3 is 16.2 Å². The number of aromatic nitrogens is 2. The molecule has 0 bridgehead atoms. The Bertz CT molecular complexity index is 548. The van der Waals surface area contributed by atoms with Crippen LogP contribution in [0.15, 0.2) is 30.3 Å². The fourth-order valence-corrected chi connectivity index (χ4v) is 1.55. The summed E-state index contributed by atoms with van der Waals surface area (Å²) in [5.74, 6) is -0.374. The molecule has 0 aliphatic rings. The topological polar surface area (TPSA) is 96.2 Å². The van der Waals surface area contributed by atoms with Gasteiger partial charge in [-0.05, 0) is 12.1 Å². The van der Waals surface area contributed by atoms with Crippen LogP contribution in [-0.2, 0) is 0 Å². The molecule has 0 aliphatic heterocycles. The molecule has 1 aromatic heterocycles. The predicted molar refractivity (Wildman–Crippen MR) is 63.0 cm³/mol. The Hall–Kier alpha value is -2.50. The number of rotatable bonds is 3. The third kappa shape index (κ3) is 1.80. The summed E-state index contributed by atoms with van der Waals surface area (Å²) < 4.78 is 6.39. The van der Waals surface area contributed by atoms with Crippen LogP contribution in [0, 0.1) is 0 Å². The van der Waals surface area contributed by atoms with E-state index in [2.05, 4.69) is 5.10 Å². The van der Waals surface area contributed by atoms with Crippen LogP contribution in [0.3, 0.4) is 0 Å². The third-order valence-corrected chi connectivity index (χ3v) is 2.33. The smallest absolute Gasteiger partial charge is 0.258 e. The number of para-hydroxylation sites is 1. The molecule has 0 fully saturated rings. The molecule has 0 atom stereocenters. The molecule has 0 aliphatic carbocycles. The van der Waals surface area contributed by atoms with Crippen molar-refractivity contribution in [1.29, 1.82) is 0 Å². The molecular formula is C11H12N4O2.